The Morgan fingerprint density at radius 1 is 0.957 bits per heavy atom. The molecule has 7 heteroatoms. The minimum Gasteiger partial charge on any atom is -0.486 e. The molecule has 3 rings (SSSR count). The highest BCUT2D eigenvalue weighted by Gasteiger charge is 2.30. The van der Waals surface area contributed by atoms with E-state index in [1.807, 2.05) is 0 Å². The van der Waals surface area contributed by atoms with E-state index in [0.29, 0.717) is 30.3 Å². The lowest BCUT2D eigenvalue weighted by Crippen LogP contribution is -2.17. The van der Waals surface area contributed by atoms with Gasteiger partial charge in [-0.2, -0.15) is 13.2 Å². The average Bonchev–Trinajstić information content (AvgIpc) is 2.54. The number of amides is 1. The van der Waals surface area contributed by atoms with Gasteiger partial charge in [-0.25, -0.2) is 0 Å². The summed E-state index contributed by atoms with van der Waals surface area (Å²) in [6, 6.07) is 8.97. The van der Waals surface area contributed by atoms with Gasteiger partial charge in [0.05, 0.1) is 5.56 Å². The molecular weight excluding hydrogens is 311 g/mol. The number of anilines is 1. The Balaban J connectivity index is 1.74. The van der Waals surface area contributed by atoms with Gasteiger partial charge >= 0.3 is 6.18 Å². The number of nitrogens with one attached hydrogen (secondary N) is 1. The maximum Gasteiger partial charge on any atom is 0.416 e. The molecule has 2 aromatic carbocycles. The van der Waals surface area contributed by atoms with Crippen LogP contribution >= 0.6 is 0 Å². The van der Waals surface area contributed by atoms with Gasteiger partial charge in [-0.05, 0) is 42.5 Å². The fourth-order valence-corrected chi connectivity index (χ4v) is 2.13. The van der Waals surface area contributed by atoms with Crippen molar-refractivity contribution in [3.8, 4) is 11.5 Å². The fraction of sp³-hybridized carbons (Fsp3) is 0.188. The summed E-state index contributed by atoms with van der Waals surface area (Å²) in [6.45, 7) is 0.848. The highest BCUT2D eigenvalue weighted by atomic mass is 19.4. The van der Waals surface area contributed by atoms with E-state index in [2.05, 4.69) is 5.32 Å². The molecule has 0 saturated carbocycles. The second-order valence-corrected chi connectivity index (χ2v) is 4.89. The Bertz CT molecular complexity index is 726. The van der Waals surface area contributed by atoms with E-state index < -0.39 is 17.6 Å². The van der Waals surface area contributed by atoms with Crippen LogP contribution in [0, 0.1) is 0 Å². The molecular formula is C16H12F3NO3. The van der Waals surface area contributed by atoms with Gasteiger partial charge in [-0.15, -0.1) is 0 Å². The number of hydrogen-bond donors (Lipinski definition) is 1. The monoisotopic (exact) mass is 323 g/mol. The molecule has 4 nitrogen and oxygen atoms in total. The summed E-state index contributed by atoms with van der Waals surface area (Å²) >= 11 is 0. The first-order valence-corrected chi connectivity index (χ1v) is 6.82. The van der Waals surface area contributed by atoms with E-state index >= 15 is 0 Å². The highest BCUT2D eigenvalue weighted by Crippen LogP contribution is 2.32. The van der Waals surface area contributed by atoms with Crippen LogP contribution < -0.4 is 14.8 Å². The Kier molecular flexibility index (Phi) is 3.85. The van der Waals surface area contributed by atoms with Gasteiger partial charge < -0.3 is 14.8 Å². The standard InChI is InChI=1S/C16H12F3NO3/c17-16(18,19)11-2-4-12(5-3-11)20-15(21)10-1-6-13-14(9-10)23-8-7-22-13/h1-6,9H,7-8H2,(H,20,21). The van der Waals surface area contributed by atoms with Crippen molar-refractivity contribution in [2.75, 3.05) is 18.5 Å². The third kappa shape index (κ3) is 3.39. The van der Waals surface area contributed by atoms with E-state index in [4.69, 9.17) is 9.47 Å². The summed E-state index contributed by atoms with van der Waals surface area (Å²) in [6.07, 6.45) is -4.40. The molecule has 1 aliphatic heterocycles. The van der Waals surface area contributed by atoms with Crippen molar-refractivity contribution in [3.63, 3.8) is 0 Å². The van der Waals surface area contributed by atoms with E-state index in [-0.39, 0.29) is 5.69 Å². The SMILES string of the molecule is O=C(Nc1ccc(C(F)(F)F)cc1)c1ccc2c(c1)OCCO2. The van der Waals surface area contributed by atoms with Crippen LogP contribution in [0.15, 0.2) is 42.5 Å². The minimum absolute atomic E-state index is 0.276. The molecule has 0 unspecified atom stereocenters. The molecule has 0 aromatic heterocycles. The van der Waals surface area contributed by atoms with Gasteiger partial charge in [0.25, 0.3) is 5.91 Å². The second kappa shape index (κ2) is 5.83. The predicted molar refractivity (Wildman–Crippen MR) is 76.8 cm³/mol. The van der Waals surface area contributed by atoms with Crippen molar-refractivity contribution in [2.45, 2.75) is 6.18 Å². The van der Waals surface area contributed by atoms with Crippen LogP contribution in [0.5, 0.6) is 11.5 Å². The highest BCUT2D eigenvalue weighted by molar-refractivity contribution is 6.04. The van der Waals surface area contributed by atoms with Gasteiger partial charge in [0.1, 0.15) is 13.2 Å². The van der Waals surface area contributed by atoms with Gasteiger partial charge in [0, 0.05) is 11.3 Å². The molecule has 1 aliphatic rings. The predicted octanol–water partition coefficient (Wildman–Crippen LogP) is 3.73. The number of fused-ring (bicyclic) bond motifs is 1. The Labute approximate surface area is 129 Å². The maximum atomic E-state index is 12.5. The van der Waals surface area contributed by atoms with E-state index in [1.165, 1.54) is 18.2 Å². The number of benzene rings is 2. The zero-order valence-corrected chi connectivity index (χ0v) is 11.8. The number of rotatable bonds is 2. The summed E-state index contributed by atoms with van der Waals surface area (Å²) in [4.78, 5) is 12.2. The Morgan fingerprint density at radius 2 is 1.61 bits per heavy atom. The average molecular weight is 323 g/mol. The van der Waals surface area contributed by atoms with Crippen LogP contribution in [0.3, 0.4) is 0 Å². The molecule has 1 amide bonds. The maximum absolute atomic E-state index is 12.5. The van der Waals surface area contributed by atoms with Crippen LogP contribution in [0.1, 0.15) is 15.9 Å². The number of alkyl halides is 3. The number of carbonyl (C=O) groups is 1. The third-order valence-electron chi connectivity index (χ3n) is 3.27. The zero-order chi connectivity index (χ0) is 16.4. The Morgan fingerprint density at radius 3 is 2.26 bits per heavy atom. The van der Waals surface area contributed by atoms with Crippen molar-refractivity contribution in [1.82, 2.24) is 0 Å². The van der Waals surface area contributed by atoms with Gasteiger partial charge in [0.2, 0.25) is 0 Å². The van der Waals surface area contributed by atoms with Gasteiger partial charge in [-0.1, -0.05) is 0 Å². The Hall–Kier alpha value is -2.70. The van der Waals surface area contributed by atoms with Crippen molar-refractivity contribution in [2.24, 2.45) is 0 Å². The van der Waals surface area contributed by atoms with Gasteiger partial charge in [0.15, 0.2) is 11.5 Å². The fourth-order valence-electron chi connectivity index (χ4n) is 2.13. The molecule has 0 atom stereocenters. The molecule has 0 aliphatic carbocycles. The minimum atomic E-state index is -4.40. The molecule has 1 heterocycles. The molecule has 120 valence electrons. The van der Waals surface area contributed by atoms with Crippen LogP contribution in [-0.4, -0.2) is 19.1 Å². The summed E-state index contributed by atoms with van der Waals surface area (Å²) in [7, 11) is 0. The zero-order valence-electron chi connectivity index (χ0n) is 11.8. The summed E-state index contributed by atoms with van der Waals surface area (Å²) in [5.41, 5.74) is -0.165. The largest absolute Gasteiger partial charge is 0.486 e. The normalized spacial score (nSPS) is 13.5. The lowest BCUT2D eigenvalue weighted by Gasteiger charge is -2.18. The summed E-state index contributed by atoms with van der Waals surface area (Å²) < 4.78 is 48.2. The first kappa shape index (κ1) is 15.2. The lowest BCUT2D eigenvalue weighted by atomic mass is 10.1. The number of carbonyl (C=O) groups excluding carboxylic acids is 1. The molecule has 0 fully saturated rings. The van der Waals surface area contributed by atoms with E-state index in [0.717, 1.165) is 12.1 Å². The molecule has 23 heavy (non-hydrogen) atoms. The lowest BCUT2D eigenvalue weighted by molar-refractivity contribution is -0.137. The molecule has 0 spiro atoms. The quantitative estimate of drug-likeness (QED) is 0.916. The van der Waals surface area contributed by atoms with Crippen LogP contribution in [0.2, 0.25) is 0 Å². The van der Waals surface area contributed by atoms with Crippen molar-refractivity contribution >= 4 is 11.6 Å². The third-order valence-corrected chi connectivity index (χ3v) is 3.27. The van der Waals surface area contributed by atoms with Crippen molar-refractivity contribution in [1.29, 1.82) is 0 Å². The first-order chi connectivity index (χ1) is 10.9. The van der Waals surface area contributed by atoms with E-state index in [1.54, 1.807) is 12.1 Å². The molecule has 0 radical (unpaired) electrons. The number of ether oxygens (including phenoxy) is 2. The molecule has 1 N–H and O–H groups in total. The van der Waals surface area contributed by atoms with Crippen molar-refractivity contribution < 1.29 is 27.4 Å². The summed E-state index contributed by atoms with van der Waals surface area (Å²) in [5, 5.41) is 2.54. The van der Waals surface area contributed by atoms with Crippen LogP contribution in [0.4, 0.5) is 18.9 Å². The van der Waals surface area contributed by atoms with Gasteiger partial charge in [-0.3, -0.25) is 4.79 Å². The smallest absolute Gasteiger partial charge is 0.416 e. The second-order valence-electron chi connectivity index (χ2n) is 4.89. The molecule has 2 aromatic rings. The van der Waals surface area contributed by atoms with Crippen LogP contribution in [-0.2, 0) is 6.18 Å². The summed E-state index contributed by atoms with van der Waals surface area (Å²) in [5.74, 6) is 0.584. The molecule has 0 bridgehead atoms. The van der Waals surface area contributed by atoms with Crippen molar-refractivity contribution in [3.05, 3.63) is 53.6 Å². The topological polar surface area (TPSA) is 47.6 Å². The molecule has 0 saturated heterocycles. The van der Waals surface area contributed by atoms with Crippen LogP contribution in [0.25, 0.3) is 0 Å². The van der Waals surface area contributed by atoms with E-state index in [9.17, 15) is 18.0 Å². The number of halogens is 3. The first-order valence-electron chi connectivity index (χ1n) is 6.82. The number of hydrogen-bond acceptors (Lipinski definition) is 3.